The minimum Gasteiger partial charge on any atom is -0.351 e. The summed E-state index contributed by atoms with van der Waals surface area (Å²) in [5, 5.41) is 0. The first-order chi connectivity index (χ1) is 10.5. The highest BCUT2D eigenvalue weighted by Crippen LogP contribution is 2.09. The van der Waals surface area contributed by atoms with Gasteiger partial charge in [0.1, 0.15) is 0 Å². The molecule has 0 aliphatic carbocycles. The Morgan fingerprint density at radius 1 is 1.18 bits per heavy atom. The minimum atomic E-state index is -0.441. The lowest BCUT2D eigenvalue weighted by Gasteiger charge is -2.30. The third-order valence-electron chi connectivity index (χ3n) is 3.31. The number of carbonyl (C=O) groups is 1. The van der Waals surface area contributed by atoms with E-state index >= 15 is 0 Å². The Labute approximate surface area is 140 Å². The van der Waals surface area contributed by atoms with E-state index in [1.165, 1.54) is 0 Å². The molecule has 22 heavy (non-hydrogen) atoms. The molecule has 0 unspecified atom stereocenters. The summed E-state index contributed by atoms with van der Waals surface area (Å²) in [6.07, 6.45) is 3.30. The van der Waals surface area contributed by atoms with E-state index in [4.69, 9.17) is 15.2 Å². The summed E-state index contributed by atoms with van der Waals surface area (Å²) in [6.45, 7) is 10.4. The van der Waals surface area contributed by atoms with Crippen LogP contribution in [0, 0.1) is 5.92 Å². The summed E-state index contributed by atoms with van der Waals surface area (Å²) in [7, 11) is 0. The van der Waals surface area contributed by atoms with E-state index in [-0.39, 0.29) is 12.2 Å². The Balaban J connectivity index is 4.73. The van der Waals surface area contributed by atoms with E-state index in [0.717, 1.165) is 12.2 Å². The molecule has 6 heteroatoms. The first-order valence-corrected chi connectivity index (χ1v) is 9.62. The quantitative estimate of drug-likeness (QED) is 0.524. The zero-order chi connectivity index (χ0) is 17.0. The summed E-state index contributed by atoms with van der Waals surface area (Å²) < 4.78 is 11.1. The van der Waals surface area contributed by atoms with Crippen LogP contribution in [0.3, 0.4) is 0 Å². The standard InChI is InChI=1S/C16H34N2O3S/c1-6-20-15(21-7-2)12-18(10-8-13(3)4)16(19)14(17)9-11-22-5/h13-15H,6-12,17H2,1-5H3/t14-/m0/s1. The zero-order valence-corrected chi connectivity index (χ0v) is 15.7. The van der Waals surface area contributed by atoms with Crippen molar-refractivity contribution in [2.24, 2.45) is 11.7 Å². The molecule has 0 heterocycles. The third-order valence-corrected chi connectivity index (χ3v) is 3.96. The van der Waals surface area contributed by atoms with E-state index in [1.54, 1.807) is 16.7 Å². The van der Waals surface area contributed by atoms with Gasteiger partial charge in [-0.3, -0.25) is 4.79 Å². The van der Waals surface area contributed by atoms with Gasteiger partial charge in [0, 0.05) is 19.8 Å². The van der Waals surface area contributed by atoms with Crippen molar-refractivity contribution < 1.29 is 14.3 Å². The Hall–Kier alpha value is -0.300. The van der Waals surface area contributed by atoms with Gasteiger partial charge in [0.05, 0.1) is 12.6 Å². The lowest BCUT2D eigenvalue weighted by Crippen LogP contribution is -2.48. The second-order valence-electron chi connectivity index (χ2n) is 5.69. The van der Waals surface area contributed by atoms with Gasteiger partial charge in [-0.2, -0.15) is 11.8 Å². The summed E-state index contributed by atoms with van der Waals surface area (Å²) in [6, 6.07) is -0.441. The Kier molecular flexibility index (Phi) is 13.0. The number of carbonyl (C=O) groups excluding carboxylic acids is 1. The van der Waals surface area contributed by atoms with E-state index in [9.17, 15) is 4.79 Å². The molecular weight excluding hydrogens is 300 g/mol. The molecule has 0 aliphatic heterocycles. The maximum Gasteiger partial charge on any atom is 0.239 e. The Morgan fingerprint density at radius 3 is 2.23 bits per heavy atom. The SMILES string of the molecule is CCOC(CN(CCC(C)C)C(=O)[C@@H](N)CCSC)OCC. The van der Waals surface area contributed by atoms with Gasteiger partial charge < -0.3 is 20.1 Å². The smallest absolute Gasteiger partial charge is 0.239 e. The number of thioether (sulfide) groups is 1. The van der Waals surface area contributed by atoms with Crippen LogP contribution < -0.4 is 5.73 Å². The predicted octanol–water partition coefficient (Wildman–Crippen LogP) is 2.34. The Bertz CT molecular complexity index is 285. The topological polar surface area (TPSA) is 64.8 Å². The number of amides is 1. The average Bonchev–Trinajstić information content (AvgIpc) is 2.48. The van der Waals surface area contributed by atoms with Gasteiger partial charge in [-0.05, 0) is 44.6 Å². The van der Waals surface area contributed by atoms with Crippen LogP contribution >= 0.6 is 11.8 Å². The molecule has 1 atom stereocenters. The normalized spacial score (nSPS) is 12.9. The predicted molar refractivity (Wildman–Crippen MR) is 94.0 cm³/mol. The monoisotopic (exact) mass is 334 g/mol. The van der Waals surface area contributed by atoms with Crippen LogP contribution in [0.5, 0.6) is 0 Å². The molecule has 132 valence electrons. The molecule has 0 radical (unpaired) electrons. The second-order valence-corrected chi connectivity index (χ2v) is 6.68. The van der Waals surface area contributed by atoms with Crippen molar-refractivity contribution in [1.82, 2.24) is 4.90 Å². The molecule has 0 bridgehead atoms. The van der Waals surface area contributed by atoms with Crippen molar-refractivity contribution in [3.63, 3.8) is 0 Å². The number of hydrogen-bond donors (Lipinski definition) is 1. The van der Waals surface area contributed by atoms with Crippen LogP contribution in [0.2, 0.25) is 0 Å². The van der Waals surface area contributed by atoms with Crippen molar-refractivity contribution in [1.29, 1.82) is 0 Å². The average molecular weight is 335 g/mol. The van der Waals surface area contributed by atoms with Gasteiger partial charge in [-0.1, -0.05) is 13.8 Å². The molecule has 5 nitrogen and oxygen atoms in total. The summed E-state index contributed by atoms with van der Waals surface area (Å²) in [5.74, 6) is 1.43. The first kappa shape index (κ1) is 21.7. The molecule has 0 aliphatic rings. The molecule has 1 amide bonds. The van der Waals surface area contributed by atoms with Crippen molar-refractivity contribution >= 4 is 17.7 Å². The van der Waals surface area contributed by atoms with Gasteiger partial charge in [-0.25, -0.2) is 0 Å². The van der Waals surface area contributed by atoms with Crippen LogP contribution in [0.1, 0.15) is 40.5 Å². The van der Waals surface area contributed by atoms with Crippen molar-refractivity contribution in [3.05, 3.63) is 0 Å². The van der Waals surface area contributed by atoms with E-state index < -0.39 is 6.04 Å². The van der Waals surface area contributed by atoms with Gasteiger partial charge in [0.25, 0.3) is 0 Å². The highest BCUT2D eigenvalue weighted by atomic mass is 32.2. The van der Waals surface area contributed by atoms with Crippen LogP contribution in [-0.2, 0) is 14.3 Å². The fourth-order valence-corrected chi connectivity index (χ4v) is 2.50. The number of hydrogen-bond acceptors (Lipinski definition) is 5. The summed E-state index contributed by atoms with van der Waals surface area (Å²) >= 11 is 1.71. The van der Waals surface area contributed by atoms with Crippen molar-refractivity contribution in [3.8, 4) is 0 Å². The maximum atomic E-state index is 12.6. The number of rotatable bonds is 13. The lowest BCUT2D eigenvalue weighted by atomic mass is 10.1. The highest BCUT2D eigenvalue weighted by molar-refractivity contribution is 7.98. The Morgan fingerprint density at radius 2 is 1.77 bits per heavy atom. The first-order valence-electron chi connectivity index (χ1n) is 8.22. The van der Waals surface area contributed by atoms with Crippen LogP contribution in [-0.4, -0.2) is 61.5 Å². The molecule has 2 N–H and O–H groups in total. The molecule has 0 fully saturated rings. The van der Waals surface area contributed by atoms with Crippen LogP contribution in [0.25, 0.3) is 0 Å². The minimum absolute atomic E-state index is 0.000828. The number of ether oxygens (including phenoxy) is 2. The second kappa shape index (κ2) is 13.2. The van der Waals surface area contributed by atoms with E-state index in [1.807, 2.05) is 20.1 Å². The van der Waals surface area contributed by atoms with E-state index in [2.05, 4.69) is 13.8 Å². The lowest BCUT2D eigenvalue weighted by molar-refractivity contribution is -0.159. The third kappa shape index (κ3) is 9.66. The van der Waals surface area contributed by atoms with Gasteiger partial charge in [0.2, 0.25) is 5.91 Å². The summed E-state index contributed by atoms with van der Waals surface area (Å²) in [5.41, 5.74) is 6.05. The van der Waals surface area contributed by atoms with Crippen LogP contribution in [0.4, 0.5) is 0 Å². The van der Waals surface area contributed by atoms with Gasteiger partial charge in [0.15, 0.2) is 6.29 Å². The maximum absolute atomic E-state index is 12.6. The largest absolute Gasteiger partial charge is 0.351 e. The molecular formula is C16H34N2O3S. The van der Waals surface area contributed by atoms with Crippen molar-refractivity contribution in [2.75, 3.05) is 38.3 Å². The number of nitrogens with two attached hydrogens (primary N) is 1. The molecule has 0 saturated carbocycles. The molecule has 0 spiro atoms. The van der Waals surface area contributed by atoms with Gasteiger partial charge >= 0.3 is 0 Å². The molecule has 0 aromatic rings. The number of nitrogens with zero attached hydrogens (tertiary/aromatic N) is 1. The fraction of sp³-hybridized carbons (Fsp3) is 0.938. The fourth-order valence-electron chi connectivity index (χ4n) is 2.01. The highest BCUT2D eigenvalue weighted by Gasteiger charge is 2.24. The molecule has 0 aromatic carbocycles. The molecule has 0 aromatic heterocycles. The zero-order valence-electron chi connectivity index (χ0n) is 14.8. The van der Waals surface area contributed by atoms with Crippen LogP contribution in [0.15, 0.2) is 0 Å². The summed E-state index contributed by atoms with van der Waals surface area (Å²) in [4.78, 5) is 14.4. The van der Waals surface area contributed by atoms with Gasteiger partial charge in [-0.15, -0.1) is 0 Å². The molecule has 0 rings (SSSR count). The molecule has 0 saturated heterocycles. The van der Waals surface area contributed by atoms with E-state index in [0.29, 0.717) is 38.6 Å². The van der Waals surface area contributed by atoms with Crippen molar-refractivity contribution in [2.45, 2.75) is 52.9 Å².